The molecule has 1 aromatic carbocycles. The predicted octanol–water partition coefficient (Wildman–Crippen LogP) is 1.93. The number of aliphatic hydroxyl groups excluding tert-OH is 1. The van der Waals surface area contributed by atoms with E-state index in [0.29, 0.717) is 5.56 Å². The van der Waals surface area contributed by atoms with Gasteiger partial charge in [0.1, 0.15) is 0 Å². The third-order valence-electron chi connectivity index (χ3n) is 2.55. The SMILES string of the molecule is CCN(CC)c1ccc([N+](=O)[O-])cc1CO. The summed E-state index contributed by atoms with van der Waals surface area (Å²) in [6.45, 7) is 5.44. The highest BCUT2D eigenvalue weighted by atomic mass is 16.6. The van der Waals surface area contributed by atoms with Gasteiger partial charge in [-0.3, -0.25) is 10.1 Å². The lowest BCUT2D eigenvalue weighted by Gasteiger charge is -2.23. The van der Waals surface area contributed by atoms with Gasteiger partial charge in [0.25, 0.3) is 5.69 Å². The van der Waals surface area contributed by atoms with Gasteiger partial charge in [0.05, 0.1) is 11.5 Å². The van der Waals surface area contributed by atoms with E-state index in [4.69, 9.17) is 0 Å². The summed E-state index contributed by atoms with van der Waals surface area (Å²) in [5.41, 5.74) is 1.47. The van der Waals surface area contributed by atoms with Crippen LogP contribution in [0.5, 0.6) is 0 Å². The Balaban J connectivity index is 3.15. The van der Waals surface area contributed by atoms with E-state index in [1.165, 1.54) is 12.1 Å². The molecule has 0 aromatic heterocycles. The number of benzene rings is 1. The lowest BCUT2D eigenvalue weighted by molar-refractivity contribution is -0.384. The average molecular weight is 224 g/mol. The first-order valence-corrected chi connectivity index (χ1v) is 5.27. The Kier molecular flexibility index (Phi) is 4.25. The second-order valence-corrected chi connectivity index (χ2v) is 3.40. The summed E-state index contributed by atoms with van der Waals surface area (Å²) in [6.07, 6.45) is 0. The summed E-state index contributed by atoms with van der Waals surface area (Å²) in [5.74, 6) is 0. The van der Waals surface area contributed by atoms with Crippen molar-refractivity contribution in [3.8, 4) is 0 Å². The van der Waals surface area contributed by atoms with Gasteiger partial charge in [0.15, 0.2) is 0 Å². The number of anilines is 1. The van der Waals surface area contributed by atoms with Gasteiger partial charge >= 0.3 is 0 Å². The smallest absolute Gasteiger partial charge is 0.269 e. The Labute approximate surface area is 94.5 Å². The lowest BCUT2D eigenvalue weighted by Crippen LogP contribution is -2.23. The van der Waals surface area contributed by atoms with Crippen molar-refractivity contribution in [1.29, 1.82) is 0 Å². The molecule has 0 radical (unpaired) electrons. The van der Waals surface area contributed by atoms with Crippen molar-refractivity contribution >= 4 is 11.4 Å². The number of aliphatic hydroxyl groups is 1. The number of nitro benzene ring substituents is 1. The maximum absolute atomic E-state index is 10.6. The second-order valence-electron chi connectivity index (χ2n) is 3.40. The van der Waals surface area contributed by atoms with E-state index in [2.05, 4.69) is 4.90 Å². The standard InChI is InChI=1S/C11H16N2O3/c1-3-12(4-2)11-6-5-10(13(15)16)7-9(11)8-14/h5-7,14H,3-4,8H2,1-2H3. The van der Waals surface area contributed by atoms with Gasteiger partial charge in [-0.2, -0.15) is 0 Å². The van der Waals surface area contributed by atoms with Crippen LogP contribution >= 0.6 is 0 Å². The number of hydrogen-bond donors (Lipinski definition) is 1. The maximum atomic E-state index is 10.6. The fourth-order valence-corrected chi connectivity index (χ4v) is 1.68. The van der Waals surface area contributed by atoms with Crippen molar-refractivity contribution in [2.24, 2.45) is 0 Å². The molecule has 0 bridgehead atoms. The first-order valence-electron chi connectivity index (χ1n) is 5.27. The van der Waals surface area contributed by atoms with Crippen LogP contribution in [0.4, 0.5) is 11.4 Å². The van der Waals surface area contributed by atoms with E-state index in [1.54, 1.807) is 6.07 Å². The van der Waals surface area contributed by atoms with Crippen LogP contribution in [-0.4, -0.2) is 23.1 Å². The maximum Gasteiger partial charge on any atom is 0.269 e. The molecule has 0 unspecified atom stereocenters. The highest BCUT2D eigenvalue weighted by molar-refractivity contribution is 5.57. The van der Waals surface area contributed by atoms with Crippen molar-refractivity contribution < 1.29 is 10.0 Å². The summed E-state index contributed by atoms with van der Waals surface area (Å²) < 4.78 is 0. The van der Waals surface area contributed by atoms with Crippen LogP contribution in [0.1, 0.15) is 19.4 Å². The molecule has 5 heteroatoms. The molecular weight excluding hydrogens is 208 g/mol. The van der Waals surface area contributed by atoms with Gasteiger partial charge in [0, 0.05) is 36.5 Å². The predicted molar refractivity (Wildman–Crippen MR) is 62.6 cm³/mol. The van der Waals surface area contributed by atoms with Crippen LogP contribution in [0, 0.1) is 10.1 Å². The fraction of sp³-hybridized carbons (Fsp3) is 0.455. The summed E-state index contributed by atoms with van der Waals surface area (Å²) in [6, 6.07) is 4.58. The molecule has 1 aromatic rings. The molecule has 0 aliphatic rings. The number of hydrogen-bond acceptors (Lipinski definition) is 4. The average Bonchev–Trinajstić information content (AvgIpc) is 2.30. The minimum atomic E-state index is -0.453. The van der Waals surface area contributed by atoms with Crippen molar-refractivity contribution in [3.63, 3.8) is 0 Å². The molecule has 0 amide bonds. The summed E-state index contributed by atoms with van der Waals surface area (Å²) in [4.78, 5) is 12.2. The van der Waals surface area contributed by atoms with Crippen LogP contribution in [-0.2, 0) is 6.61 Å². The van der Waals surface area contributed by atoms with Crippen LogP contribution < -0.4 is 4.90 Å². The highest BCUT2D eigenvalue weighted by Gasteiger charge is 2.13. The minimum Gasteiger partial charge on any atom is -0.392 e. The van der Waals surface area contributed by atoms with Gasteiger partial charge in [0.2, 0.25) is 0 Å². The molecule has 0 heterocycles. The summed E-state index contributed by atoms with van der Waals surface area (Å²) in [5, 5.41) is 19.8. The first kappa shape index (κ1) is 12.4. The molecule has 88 valence electrons. The Hall–Kier alpha value is -1.62. The van der Waals surface area contributed by atoms with Crippen molar-refractivity contribution in [2.45, 2.75) is 20.5 Å². The van der Waals surface area contributed by atoms with Crippen molar-refractivity contribution in [3.05, 3.63) is 33.9 Å². The Bertz CT molecular complexity index is 375. The first-order chi connectivity index (χ1) is 7.63. The Morgan fingerprint density at radius 2 is 2.00 bits per heavy atom. The molecule has 0 atom stereocenters. The minimum absolute atomic E-state index is 0.0138. The third-order valence-corrected chi connectivity index (χ3v) is 2.55. The topological polar surface area (TPSA) is 66.6 Å². The molecule has 0 aliphatic heterocycles. The van der Waals surface area contributed by atoms with Crippen molar-refractivity contribution in [1.82, 2.24) is 0 Å². The fourth-order valence-electron chi connectivity index (χ4n) is 1.68. The normalized spacial score (nSPS) is 10.2. The van der Waals surface area contributed by atoms with Crippen LogP contribution in [0.15, 0.2) is 18.2 Å². The second kappa shape index (κ2) is 5.46. The summed E-state index contributed by atoms with van der Waals surface area (Å²) in [7, 11) is 0. The molecule has 5 nitrogen and oxygen atoms in total. The molecule has 0 spiro atoms. The van der Waals surface area contributed by atoms with Gasteiger partial charge in [-0.05, 0) is 19.9 Å². The molecule has 0 saturated carbocycles. The molecule has 0 aliphatic carbocycles. The largest absolute Gasteiger partial charge is 0.392 e. The zero-order chi connectivity index (χ0) is 12.1. The van der Waals surface area contributed by atoms with Crippen molar-refractivity contribution in [2.75, 3.05) is 18.0 Å². The van der Waals surface area contributed by atoms with Gasteiger partial charge < -0.3 is 10.0 Å². The van der Waals surface area contributed by atoms with E-state index >= 15 is 0 Å². The van der Waals surface area contributed by atoms with E-state index < -0.39 is 4.92 Å². The Morgan fingerprint density at radius 1 is 1.38 bits per heavy atom. The van der Waals surface area contributed by atoms with Gasteiger partial charge in [-0.1, -0.05) is 0 Å². The van der Waals surface area contributed by atoms with E-state index in [1.807, 2.05) is 13.8 Å². The Morgan fingerprint density at radius 3 is 2.44 bits per heavy atom. The number of non-ortho nitro benzene ring substituents is 1. The molecule has 16 heavy (non-hydrogen) atoms. The molecule has 1 rings (SSSR count). The summed E-state index contributed by atoms with van der Waals surface area (Å²) >= 11 is 0. The number of nitro groups is 1. The van der Waals surface area contributed by atoms with E-state index in [-0.39, 0.29) is 12.3 Å². The number of rotatable bonds is 5. The molecular formula is C11H16N2O3. The van der Waals surface area contributed by atoms with Crippen LogP contribution in [0.25, 0.3) is 0 Å². The quantitative estimate of drug-likeness (QED) is 0.613. The molecule has 1 N–H and O–H groups in total. The monoisotopic (exact) mass is 224 g/mol. The molecule has 0 fully saturated rings. The van der Waals surface area contributed by atoms with E-state index in [0.717, 1.165) is 18.8 Å². The molecule has 0 saturated heterocycles. The highest BCUT2D eigenvalue weighted by Crippen LogP contribution is 2.25. The van der Waals surface area contributed by atoms with E-state index in [9.17, 15) is 15.2 Å². The third kappa shape index (κ3) is 2.49. The van der Waals surface area contributed by atoms with Gasteiger partial charge in [-0.15, -0.1) is 0 Å². The lowest BCUT2D eigenvalue weighted by atomic mass is 10.1. The van der Waals surface area contributed by atoms with Gasteiger partial charge in [-0.25, -0.2) is 0 Å². The van der Waals surface area contributed by atoms with Crippen LogP contribution in [0.3, 0.4) is 0 Å². The zero-order valence-electron chi connectivity index (χ0n) is 9.51. The number of nitrogens with zero attached hydrogens (tertiary/aromatic N) is 2. The zero-order valence-corrected chi connectivity index (χ0v) is 9.51. The van der Waals surface area contributed by atoms with Crippen LogP contribution in [0.2, 0.25) is 0 Å².